The van der Waals surface area contributed by atoms with Gasteiger partial charge in [0.1, 0.15) is 5.75 Å². The summed E-state index contributed by atoms with van der Waals surface area (Å²) < 4.78 is 0. The Morgan fingerprint density at radius 3 is 2.00 bits per heavy atom. The minimum absolute atomic E-state index is 0.202. The molecule has 3 nitrogen and oxygen atoms in total. The predicted molar refractivity (Wildman–Crippen MR) is 127 cm³/mol. The van der Waals surface area contributed by atoms with E-state index in [1.807, 2.05) is 42.5 Å². The topological polar surface area (TPSA) is 58.6 Å². The number of fused-ring (bicyclic) bond motifs is 2. The summed E-state index contributed by atoms with van der Waals surface area (Å²) in [5.41, 5.74) is 10.8. The standard InChI is InChI=1S/C27H20N2O/c28-26-21-10-4-1-7-18(21)13-15-23(26)24-16-14-19-8-2-5-11-22(19)27(24)29-17-20-9-3-6-12-25(20)30/h1-17,30H,28H2. The molecule has 3 N–H and O–H groups in total. The Morgan fingerprint density at radius 2 is 1.23 bits per heavy atom. The molecule has 0 atom stereocenters. The third-order valence-electron chi connectivity index (χ3n) is 5.43. The zero-order valence-electron chi connectivity index (χ0n) is 16.3. The molecule has 144 valence electrons. The van der Waals surface area contributed by atoms with Crippen molar-refractivity contribution in [2.45, 2.75) is 0 Å². The SMILES string of the molecule is Nc1c(-c2ccc3ccccc3c2N=Cc2ccccc2O)ccc2ccccc12. The predicted octanol–water partition coefficient (Wildman–Crippen LogP) is 6.70. The Morgan fingerprint density at radius 1 is 0.633 bits per heavy atom. The number of hydrogen-bond donors (Lipinski definition) is 2. The van der Waals surface area contributed by atoms with Crippen molar-refractivity contribution in [2.75, 3.05) is 5.73 Å². The molecular weight excluding hydrogens is 368 g/mol. The molecule has 0 saturated carbocycles. The quantitative estimate of drug-likeness (QED) is 0.267. The lowest BCUT2D eigenvalue weighted by molar-refractivity contribution is 0.474. The molecule has 0 heterocycles. The lowest BCUT2D eigenvalue weighted by Crippen LogP contribution is -1.93. The summed E-state index contributed by atoms with van der Waals surface area (Å²) in [4.78, 5) is 4.82. The molecule has 0 aliphatic heterocycles. The minimum atomic E-state index is 0.202. The molecule has 0 unspecified atom stereocenters. The molecule has 30 heavy (non-hydrogen) atoms. The molecule has 0 fully saturated rings. The van der Waals surface area contributed by atoms with Crippen molar-refractivity contribution in [1.82, 2.24) is 0 Å². The molecular formula is C27H20N2O. The van der Waals surface area contributed by atoms with E-state index in [2.05, 4.69) is 42.5 Å². The highest BCUT2D eigenvalue weighted by Gasteiger charge is 2.13. The number of benzene rings is 5. The smallest absolute Gasteiger partial charge is 0.124 e. The molecule has 0 amide bonds. The van der Waals surface area contributed by atoms with Crippen LogP contribution in [0, 0.1) is 0 Å². The van der Waals surface area contributed by atoms with Crippen molar-refractivity contribution in [3.05, 3.63) is 103 Å². The van der Waals surface area contributed by atoms with E-state index in [9.17, 15) is 5.11 Å². The van der Waals surface area contributed by atoms with Crippen LogP contribution in [0.15, 0.2) is 102 Å². The number of aliphatic imine (C=N–C) groups is 1. The molecule has 0 saturated heterocycles. The van der Waals surface area contributed by atoms with Crippen LogP contribution in [0.5, 0.6) is 5.75 Å². The van der Waals surface area contributed by atoms with Gasteiger partial charge in [0.15, 0.2) is 0 Å². The van der Waals surface area contributed by atoms with Crippen molar-refractivity contribution in [1.29, 1.82) is 0 Å². The zero-order chi connectivity index (χ0) is 20.5. The van der Waals surface area contributed by atoms with E-state index in [0.717, 1.165) is 44.0 Å². The maximum atomic E-state index is 10.1. The molecule has 0 aromatic heterocycles. The van der Waals surface area contributed by atoms with E-state index in [0.29, 0.717) is 5.56 Å². The highest BCUT2D eigenvalue weighted by molar-refractivity contribution is 6.07. The van der Waals surface area contributed by atoms with Crippen LogP contribution >= 0.6 is 0 Å². The lowest BCUT2D eigenvalue weighted by atomic mass is 9.95. The molecule has 5 aromatic carbocycles. The number of para-hydroxylation sites is 1. The van der Waals surface area contributed by atoms with Crippen LogP contribution in [0.25, 0.3) is 32.7 Å². The molecule has 0 spiro atoms. The van der Waals surface area contributed by atoms with Crippen LogP contribution < -0.4 is 5.73 Å². The number of anilines is 1. The molecule has 3 heteroatoms. The summed E-state index contributed by atoms with van der Waals surface area (Å²) in [6.45, 7) is 0. The van der Waals surface area contributed by atoms with Gasteiger partial charge >= 0.3 is 0 Å². The van der Waals surface area contributed by atoms with E-state index in [1.54, 1.807) is 18.3 Å². The Bertz CT molecular complexity index is 1420. The average Bonchev–Trinajstić information content (AvgIpc) is 2.79. The Kier molecular flexibility index (Phi) is 4.41. The van der Waals surface area contributed by atoms with E-state index < -0.39 is 0 Å². The van der Waals surface area contributed by atoms with Crippen LogP contribution in [-0.4, -0.2) is 11.3 Å². The number of rotatable bonds is 3. The second-order valence-corrected chi connectivity index (χ2v) is 7.25. The van der Waals surface area contributed by atoms with Crippen molar-refractivity contribution in [3.8, 4) is 16.9 Å². The molecule has 5 rings (SSSR count). The van der Waals surface area contributed by atoms with Gasteiger partial charge in [-0.15, -0.1) is 0 Å². The van der Waals surface area contributed by atoms with E-state index in [4.69, 9.17) is 10.7 Å². The first kappa shape index (κ1) is 18.0. The summed E-state index contributed by atoms with van der Waals surface area (Å²) in [7, 11) is 0. The van der Waals surface area contributed by atoms with Crippen LogP contribution in [0.4, 0.5) is 11.4 Å². The summed E-state index contributed by atoms with van der Waals surface area (Å²) >= 11 is 0. The van der Waals surface area contributed by atoms with Gasteiger partial charge in [0, 0.05) is 39.4 Å². The fraction of sp³-hybridized carbons (Fsp3) is 0. The second kappa shape index (κ2) is 7.37. The first-order chi connectivity index (χ1) is 14.7. The summed E-state index contributed by atoms with van der Waals surface area (Å²) in [5.74, 6) is 0.202. The van der Waals surface area contributed by atoms with Gasteiger partial charge in [0.2, 0.25) is 0 Å². The summed E-state index contributed by atoms with van der Waals surface area (Å²) in [6, 6.07) is 31.8. The van der Waals surface area contributed by atoms with Gasteiger partial charge in [0.25, 0.3) is 0 Å². The molecule has 0 aliphatic rings. The summed E-state index contributed by atoms with van der Waals surface area (Å²) in [5, 5.41) is 14.4. The lowest BCUT2D eigenvalue weighted by Gasteiger charge is -2.14. The molecule has 0 aliphatic carbocycles. The number of phenols is 1. The zero-order valence-corrected chi connectivity index (χ0v) is 16.3. The molecule has 0 radical (unpaired) electrons. The van der Waals surface area contributed by atoms with Crippen molar-refractivity contribution >= 4 is 39.1 Å². The van der Waals surface area contributed by atoms with Gasteiger partial charge in [-0.2, -0.15) is 0 Å². The first-order valence-corrected chi connectivity index (χ1v) is 9.84. The van der Waals surface area contributed by atoms with Crippen LogP contribution in [0.2, 0.25) is 0 Å². The minimum Gasteiger partial charge on any atom is -0.507 e. The number of hydrogen-bond acceptors (Lipinski definition) is 3. The van der Waals surface area contributed by atoms with Gasteiger partial charge < -0.3 is 10.8 Å². The summed E-state index contributed by atoms with van der Waals surface area (Å²) in [6.07, 6.45) is 1.71. The number of nitrogen functional groups attached to an aromatic ring is 1. The van der Waals surface area contributed by atoms with Crippen LogP contribution in [0.1, 0.15) is 5.56 Å². The average molecular weight is 388 g/mol. The Balaban J connectivity index is 1.76. The third kappa shape index (κ3) is 3.07. The third-order valence-corrected chi connectivity index (χ3v) is 5.43. The monoisotopic (exact) mass is 388 g/mol. The fourth-order valence-corrected chi connectivity index (χ4v) is 3.87. The number of nitrogens with two attached hydrogens (primary N) is 1. The van der Waals surface area contributed by atoms with Crippen LogP contribution in [0.3, 0.4) is 0 Å². The van der Waals surface area contributed by atoms with E-state index in [1.165, 1.54) is 0 Å². The van der Waals surface area contributed by atoms with Crippen molar-refractivity contribution in [2.24, 2.45) is 4.99 Å². The Labute approximate surface area is 174 Å². The number of nitrogens with zero attached hydrogens (tertiary/aromatic N) is 1. The largest absolute Gasteiger partial charge is 0.507 e. The normalized spacial score (nSPS) is 11.5. The van der Waals surface area contributed by atoms with E-state index in [-0.39, 0.29) is 5.75 Å². The van der Waals surface area contributed by atoms with Gasteiger partial charge in [-0.25, -0.2) is 0 Å². The highest BCUT2D eigenvalue weighted by Crippen LogP contribution is 2.41. The fourth-order valence-electron chi connectivity index (χ4n) is 3.87. The first-order valence-electron chi connectivity index (χ1n) is 9.84. The van der Waals surface area contributed by atoms with Crippen LogP contribution in [-0.2, 0) is 0 Å². The maximum Gasteiger partial charge on any atom is 0.124 e. The van der Waals surface area contributed by atoms with Gasteiger partial charge in [-0.05, 0) is 22.9 Å². The molecule has 0 bridgehead atoms. The van der Waals surface area contributed by atoms with Gasteiger partial charge in [0.05, 0.1) is 5.69 Å². The second-order valence-electron chi connectivity index (χ2n) is 7.25. The van der Waals surface area contributed by atoms with Gasteiger partial charge in [-0.3, -0.25) is 4.99 Å². The van der Waals surface area contributed by atoms with Gasteiger partial charge in [-0.1, -0.05) is 84.9 Å². The maximum absolute atomic E-state index is 10.1. The number of phenolic OH excluding ortho intramolecular Hbond substituents is 1. The van der Waals surface area contributed by atoms with E-state index >= 15 is 0 Å². The van der Waals surface area contributed by atoms with Crippen molar-refractivity contribution in [3.63, 3.8) is 0 Å². The number of aromatic hydroxyl groups is 1. The molecule has 5 aromatic rings. The Hall–Kier alpha value is -4.11. The highest BCUT2D eigenvalue weighted by atomic mass is 16.3. The van der Waals surface area contributed by atoms with Crippen molar-refractivity contribution < 1.29 is 5.11 Å².